The highest BCUT2D eigenvalue weighted by Gasteiger charge is 2.05. The minimum atomic E-state index is 1.13. The summed E-state index contributed by atoms with van der Waals surface area (Å²) < 4.78 is 0. The van der Waals surface area contributed by atoms with E-state index in [1.54, 1.807) is 0 Å². The van der Waals surface area contributed by atoms with Crippen LogP contribution in [0.4, 0.5) is 0 Å². The highest BCUT2D eigenvalue weighted by atomic mass is 14.7. The molecule has 0 amide bonds. The summed E-state index contributed by atoms with van der Waals surface area (Å²) in [5.74, 6) is 0. The monoisotopic (exact) mass is 227 g/mol. The van der Waals surface area contributed by atoms with E-state index in [0.29, 0.717) is 0 Å². The molecule has 0 aliphatic carbocycles. The number of fused-ring (bicyclic) bond motifs is 1. The van der Waals surface area contributed by atoms with Crippen LogP contribution in [0.3, 0.4) is 0 Å². The van der Waals surface area contributed by atoms with E-state index >= 15 is 0 Å². The van der Waals surface area contributed by atoms with Crippen LogP contribution in [0.5, 0.6) is 0 Å². The zero-order valence-corrected chi connectivity index (χ0v) is 11.2. The SMILES string of the molecule is C=Cc1c(/C=C\C)[nH]c2cc(C)ccc12.CC. The average Bonchev–Trinajstić information content (AvgIpc) is 2.68. The molecule has 1 N–H and O–H groups in total. The maximum absolute atomic E-state index is 3.86. The maximum Gasteiger partial charge on any atom is 0.0467 e. The number of aromatic amines is 1. The van der Waals surface area contributed by atoms with Crippen LogP contribution >= 0.6 is 0 Å². The topological polar surface area (TPSA) is 15.8 Å². The number of allylic oxidation sites excluding steroid dienone is 1. The van der Waals surface area contributed by atoms with Gasteiger partial charge in [-0.1, -0.05) is 44.7 Å². The van der Waals surface area contributed by atoms with Gasteiger partial charge in [0.15, 0.2) is 0 Å². The molecule has 1 nitrogen and oxygen atoms in total. The van der Waals surface area contributed by atoms with Crippen molar-refractivity contribution in [2.45, 2.75) is 27.7 Å². The first-order valence-electron chi connectivity index (χ1n) is 6.13. The van der Waals surface area contributed by atoms with Crippen molar-refractivity contribution in [2.75, 3.05) is 0 Å². The fourth-order valence-electron chi connectivity index (χ4n) is 1.87. The van der Waals surface area contributed by atoms with Gasteiger partial charge in [0.05, 0.1) is 0 Å². The van der Waals surface area contributed by atoms with E-state index in [-0.39, 0.29) is 0 Å². The molecule has 1 heteroatoms. The van der Waals surface area contributed by atoms with E-state index in [1.165, 1.54) is 22.0 Å². The van der Waals surface area contributed by atoms with Crippen LogP contribution in [0.2, 0.25) is 0 Å². The molecule has 0 unspecified atom stereocenters. The number of H-pyrrole nitrogens is 1. The van der Waals surface area contributed by atoms with E-state index in [4.69, 9.17) is 0 Å². The summed E-state index contributed by atoms with van der Waals surface area (Å²) in [5, 5.41) is 1.24. The Morgan fingerprint density at radius 2 is 1.94 bits per heavy atom. The van der Waals surface area contributed by atoms with Crippen molar-refractivity contribution in [3.8, 4) is 0 Å². The molecule has 0 atom stereocenters. The standard InChI is InChI=1S/C14H15N.C2H6/c1-4-6-13-11(5-2)12-8-7-10(3)9-14(12)15-13;1-2/h4-9,15H,2H2,1,3H3;1-2H3/b6-4-;. The minimum absolute atomic E-state index is 1.13. The van der Waals surface area contributed by atoms with Gasteiger partial charge in [0, 0.05) is 22.2 Å². The molecule has 0 aliphatic rings. The van der Waals surface area contributed by atoms with Crippen molar-refractivity contribution in [3.63, 3.8) is 0 Å². The van der Waals surface area contributed by atoms with Crippen molar-refractivity contribution >= 4 is 23.1 Å². The number of aryl methyl sites for hydroxylation is 1. The van der Waals surface area contributed by atoms with Gasteiger partial charge in [0.2, 0.25) is 0 Å². The van der Waals surface area contributed by atoms with Crippen molar-refractivity contribution < 1.29 is 0 Å². The van der Waals surface area contributed by atoms with Crippen LogP contribution in [0, 0.1) is 6.92 Å². The molecule has 0 fully saturated rings. The highest BCUT2D eigenvalue weighted by Crippen LogP contribution is 2.25. The smallest absolute Gasteiger partial charge is 0.0467 e. The quantitative estimate of drug-likeness (QED) is 0.727. The summed E-state index contributed by atoms with van der Waals surface area (Å²) in [6.07, 6.45) is 6.01. The lowest BCUT2D eigenvalue weighted by molar-refractivity contribution is 1.40. The molecule has 1 aromatic heterocycles. The van der Waals surface area contributed by atoms with Gasteiger partial charge >= 0.3 is 0 Å². The van der Waals surface area contributed by atoms with Crippen LogP contribution in [-0.2, 0) is 0 Å². The normalized spacial score (nSPS) is 10.4. The minimum Gasteiger partial charge on any atom is -0.355 e. The van der Waals surface area contributed by atoms with E-state index in [2.05, 4.69) is 42.8 Å². The summed E-state index contributed by atoms with van der Waals surface area (Å²) in [5.41, 5.74) is 4.76. The van der Waals surface area contributed by atoms with Gasteiger partial charge in [-0.25, -0.2) is 0 Å². The van der Waals surface area contributed by atoms with Crippen molar-refractivity contribution in [2.24, 2.45) is 0 Å². The second-order valence-electron chi connectivity index (χ2n) is 3.71. The highest BCUT2D eigenvalue weighted by molar-refractivity contribution is 5.93. The molecule has 17 heavy (non-hydrogen) atoms. The molecule has 0 saturated carbocycles. The first-order valence-corrected chi connectivity index (χ1v) is 6.13. The summed E-state index contributed by atoms with van der Waals surface area (Å²) in [6, 6.07) is 6.43. The number of nitrogens with one attached hydrogen (secondary N) is 1. The first-order chi connectivity index (χ1) is 8.26. The van der Waals surface area contributed by atoms with Crippen LogP contribution < -0.4 is 0 Å². The Labute approximate surface area is 104 Å². The number of hydrogen-bond donors (Lipinski definition) is 1. The van der Waals surface area contributed by atoms with E-state index in [9.17, 15) is 0 Å². The number of benzene rings is 1. The largest absolute Gasteiger partial charge is 0.355 e. The molecule has 0 radical (unpaired) electrons. The lowest BCUT2D eigenvalue weighted by Gasteiger charge is -1.93. The molecule has 0 spiro atoms. The molecule has 1 heterocycles. The molecule has 2 aromatic rings. The lowest BCUT2D eigenvalue weighted by atomic mass is 10.1. The lowest BCUT2D eigenvalue weighted by Crippen LogP contribution is -1.73. The zero-order valence-electron chi connectivity index (χ0n) is 11.2. The Bertz CT molecular complexity index is 530. The van der Waals surface area contributed by atoms with Gasteiger partial charge in [-0.15, -0.1) is 0 Å². The third-order valence-corrected chi connectivity index (χ3v) is 2.56. The molecular weight excluding hydrogens is 206 g/mol. The Morgan fingerprint density at radius 1 is 1.24 bits per heavy atom. The summed E-state index contributed by atoms with van der Waals surface area (Å²) in [4.78, 5) is 3.40. The molecular formula is C16H21N. The van der Waals surface area contributed by atoms with Crippen molar-refractivity contribution in [1.29, 1.82) is 0 Å². The Morgan fingerprint density at radius 3 is 2.53 bits per heavy atom. The molecule has 0 bridgehead atoms. The molecule has 1 aromatic carbocycles. The number of aromatic nitrogens is 1. The van der Waals surface area contributed by atoms with Crippen molar-refractivity contribution in [3.05, 3.63) is 47.7 Å². The fourth-order valence-corrected chi connectivity index (χ4v) is 1.87. The van der Waals surface area contributed by atoms with Gasteiger partial charge in [-0.05, 0) is 31.6 Å². The first kappa shape index (κ1) is 13.3. The predicted molar refractivity (Wildman–Crippen MR) is 79.2 cm³/mol. The Hall–Kier alpha value is -1.76. The van der Waals surface area contributed by atoms with Crippen LogP contribution in [-0.4, -0.2) is 4.98 Å². The van der Waals surface area contributed by atoms with Crippen LogP contribution in [0.1, 0.15) is 37.6 Å². The van der Waals surface area contributed by atoms with E-state index < -0.39 is 0 Å². The predicted octanol–water partition coefficient (Wildman–Crippen LogP) is 5.18. The van der Waals surface area contributed by atoms with Gasteiger partial charge in [0.25, 0.3) is 0 Å². The molecule has 0 aliphatic heterocycles. The molecule has 0 saturated heterocycles. The summed E-state index contributed by atoms with van der Waals surface area (Å²) in [7, 11) is 0. The summed E-state index contributed by atoms with van der Waals surface area (Å²) in [6.45, 7) is 12.0. The number of hydrogen-bond acceptors (Lipinski definition) is 0. The van der Waals surface area contributed by atoms with Crippen molar-refractivity contribution in [1.82, 2.24) is 4.98 Å². The van der Waals surface area contributed by atoms with E-state index in [1.807, 2.05) is 32.9 Å². The second-order valence-corrected chi connectivity index (χ2v) is 3.71. The zero-order chi connectivity index (χ0) is 12.8. The summed E-state index contributed by atoms with van der Waals surface area (Å²) >= 11 is 0. The Balaban J connectivity index is 0.000000686. The molecule has 2 rings (SSSR count). The molecule has 90 valence electrons. The third-order valence-electron chi connectivity index (χ3n) is 2.56. The number of rotatable bonds is 2. The Kier molecular flexibility index (Phi) is 4.77. The van der Waals surface area contributed by atoms with Crippen LogP contribution in [0.25, 0.3) is 23.1 Å². The van der Waals surface area contributed by atoms with E-state index in [0.717, 1.165) is 5.69 Å². The fraction of sp³-hybridized carbons (Fsp3) is 0.250. The van der Waals surface area contributed by atoms with Crippen LogP contribution in [0.15, 0.2) is 30.9 Å². The average molecular weight is 227 g/mol. The van der Waals surface area contributed by atoms with Gasteiger partial charge in [-0.3, -0.25) is 0 Å². The van der Waals surface area contributed by atoms with Gasteiger partial charge in [-0.2, -0.15) is 0 Å². The van der Waals surface area contributed by atoms with Gasteiger partial charge < -0.3 is 4.98 Å². The van der Waals surface area contributed by atoms with Gasteiger partial charge in [0.1, 0.15) is 0 Å². The maximum atomic E-state index is 3.86. The third kappa shape index (κ3) is 2.68. The second kappa shape index (κ2) is 6.09.